The molecule has 0 saturated heterocycles. The van der Waals surface area contributed by atoms with Gasteiger partial charge in [-0.15, -0.1) is 0 Å². The molecule has 548 valence electrons. The van der Waals surface area contributed by atoms with Gasteiger partial charge in [0.25, 0.3) is 0 Å². The van der Waals surface area contributed by atoms with E-state index in [-0.39, 0.29) is 107 Å². The SMILES string of the molecule is CC[C@H](C)[C@H](NC(=O)[C@H](CCCN=C(N)N)NC(=O)CNC(=O)CNC(=O)[C@H](Cc1ccccc1)NC(=O)[C@@H](N)CS)C(=O)N[C@@H](CC(=O)O)C(=O)N[C@@H](CCCN=C(N)N)C(=O)N[C@H](C(=O)N[C@@H](CS)C(=O)N[C@@H](Cc1ccccc1)C(=O)N[C@H](C=O)CCCN=C(N)N)[C@@H](C)CC. The zero-order valence-electron chi connectivity index (χ0n) is 56.0. The third-order valence-electron chi connectivity index (χ3n) is 15.3. The summed E-state index contributed by atoms with van der Waals surface area (Å²) in [5.41, 5.74) is 40.0. The van der Waals surface area contributed by atoms with E-state index in [0.29, 0.717) is 23.8 Å². The van der Waals surface area contributed by atoms with Crippen LogP contribution in [-0.4, -0.2) is 205 Å². The summed E-state index contributed by atoms with van der Waals surface area (Å²) in [7, 11) is 0. The molecule has 0 radical (unpaired) electrons. The van der Waals surface area contributed by atoms with Crippen LogP contribution in [-0.2, 0) is 75.2 Å². The normalized spacial score (nSPS) is 14.5. The maximum atomic E-state index is 14.5. The van der Waals surface area contributed by atoms with E-state index in [2.05, 4.69) is 98.7 Å². The molecule has 0 spiro atoms. The number of nitrogens with two attached hydrogens (primary N) is 7. The maximum absolute atomic E-state index is 14.5. The smallest absolute Gasteiger partial charge is 0.305 e. The van der Waals surface area contributed by atoms with Crippen LogP contribution < -0.4 is 98.6 Å². The Kier molecular flexibility index (Phi) is 40.0. The first-order chi connectivity index (χ1) is 47.0. The third kappa shape index (κ3) is 33.8. The molecule has 0 fully saturated rings. The Labute approximate surface area is 585 Å². The average molecular weight is 1430 g/mol. The maximum Gasteiger partial charge on any atom is 0.305 e. The van der Waals surface area contributed by atoms with Gasteiger partial charge in [0.15, 0.2) is 17.9 Å². The number of carbonyl (C=O) groups excluding carboxylic acids is 12. The molecule has 0 unspecified atom stereocenters. The highest BCUT2D eigenvalue weighted by Crippen LogP contribution is 2.15. The minimum absolute atomic E-state index is 0.0131. The lowest BCUT2D eigenvalue weighted by Gasteiger charge is -2.30. The van der Waals surface area contributed by atoms with Crippen LogP contribution in [0.15, 0.2) is 75.6 Å². The third-order valence-corrected chi connectivity index (χ3v) is 16.0. The monoisotopic (exact) mass is 1430 g/mol. The van der Waals surface area contributed by atoms with Gasteiger partial charge >= 0.3 is 5.97 Å². The van der Waals surface area contributed by atoms with Crippen LogP contribution in [0.4, 0.5) is 0 Å². The summed E-state index contributed by atoms with van der Waals surface area (Å²) in [5.74, 6) is -13.8. The summed E-state index contributed by atoms with van der Waals surface area (Å²) >= 11 is 8.35. The number of nitrogens with zero attached hydrogens (tertiary/aromatic N) is 3. The Bertz CT molecular complexity index is 3090. The lowest BCUT2D eigenvalue weighted by atomic mass is 9.96. The Morgan fingerprint density at radius 2 is 0.838 bits per heavy atom. The highest BCUT2D eigenvalue weighted by molar-refractivity contribution is 7.80. The Balaban J connectivity index is 2.40. The number of thiol groups is 2. The molecule has 2 aromatic carbocycles. The molecule has 0 saturated carbocycles. The van der Waals surface area contributed by atoms with E-state index in [1.54, 1.807) is 88.4 Å². The van der Waals surface area contributed by atoms with Gasteiger partial charge in [0.2, 0.25) is 65.0 Å². The van der Waals surface area contributed by atoms with E-state index in [9.17, 15) is 67.4 Å². The molecule has 0 aliphatic carbocycles. The second kappa shape index (κ2) is 46.4. The quantitative estimate of drug-likeness (QED) is 0.00965. The number of amides is 11. The lowest BCUT2D eigenvalue weighted by molar-refractivity contribution is -0.142. The van der Waals surface area contributed by atoms with Gasteiger partial charge in [0.1, 0.15) is 54.6 Å². The zero-order chi connectivity index (χ0) is 74.1. The molecule has 35 nitrogen and oxygen atoms in total. The van der Waals surface area contributed by atoms with E-state index in [1.807, 2.05) is 0 Å². The van der Waals surface area contributed by atoms with Crippen LogP contribution in [0, 0.1) is 11.8 Å². The summed E-state index contributed by atoms with van der Waals surface area (Å²) in [6.45, 7) is 5.29. The predicted molar refractivity (Wildman–Crippen MR) is 376 cm³/mol. The van der Waals surface area contributed by atoms with Crippen molar-refractivity contribution < 1.29 is 67.4 Å². The van der Waals surface area contributed by atoms with Crippen LogP contribution in [0.3, 0.4) is 0 Å². The molecule has 12 atom stereocenters. The molecule has 2 aromatic rings. The van der Waals surface area contributed by atoms with E-state index < -0.39 is 163 Å². The first-order valence-corrected chi connectivity index (χ1v) is 33.4. The average Bonchev–Trinajstić information content (AvgIpc) is 0.900. The first kappa shape index (κ1) is 85.3. The topological polar surface area (TPSA) is 594 Å². The molecular formula is C62H99N21O14S2. The summed E-state index contributed by atoms with van der Waals surface area (Å²) in [6, 6.07) is 3.54. The van der Waals surface area contributed by atoms with E-state index in [1.165, 1.54) is 0 Å². The molecule has 11 amide bonds. The molecular weight excluding hydrogens is 1330 g/mol. The van der Waals surface area contributed by atoms with Crippen molar-refractivity contribution in [3.05, 3.63) is 71.8 Å². The predicted octanol–water partition coefficient (Wildman–Crippen LogP) is -5.82. The minimum Gasteiger partial charge on any atom is -0.481 e. The molecule has 2 rings (SSSR count). The van der Waals surface area contributed by atoms with Crippen molar-refractivity contribution in [2.24, 2.45) is 66.9 Å². The van der Waals surface area contributed by atoms with Crippen molar-refractivity contribution in [1.29, 1.82) is 0 Å². The van der Waals surface area contributed by atoms with Crippen molar-refractivity contribution in [3.8, 4) is 0 Å². The van der Waals surface area contributed by atoms with Gasteiger partial charge in [-0.1, -0.05) is 101 Å². The van der Waals surface area contributed by atoms with E-state index >= 15 is 0 Å². The number of hydrogen-bond acceptors (Lipinski definition) is 19. The van der Waals surface area contributed by atoms with Gasteiger partial charge in [0.05, 0.1) is 31.6 Å². The van der Waals surface area contributed by atoms with Crippen LogP contribution in [0.1, 0.15) is 96.6 Å². The van der Waals surface area contributed by atoms with Gasteiger partial charge in [-0.25, -0.2) is 0 Å². The fourth-order valence-electron chi connectivity index (χ4n) is 9.34. The molecule has 0 aliphatic heterocycles. The number of aldehydes is 1. The van der Waals surface area contributed by atoms with Crippen molar-refractivity contribution in [2.45, 2.75) is 159 Å². The number of aliphatic carboxylic acids is 1. The number of hydrogen-bond donors (Lipinski definition) is 21. The fourth-order valence-corrected chi connectivity index (χ4v) is 9.76. The Morgan fingerprint density at radius 3 is 1.27 bits per heavy atom. The van der Waals surface area contributed by atoms with Gasteiger partial charge in [-0.2, -0.15) is 25.3 Å². The summed E-state index contributed by atoms with van der Waals surface area (Å²) in [5, 5.41) is 37.8. The van der Waals surface area contributed by atoms with Crippen LogP contribution >= 0.6 is 25.3 Å². The fraction of sp³-hybridized carbons (Fsp3) is 0.548. The Hall–Kier alpha value is -9.78. The molecule has 0 aromatic heterocycles. The van der Waals surface area contributed by atoms with Crippen molar-refractivity contribution in [3.63, 3.8) is 0 Å². The standard InChI is InChI=1S/C62H99N21O14S2/c1-5-34(3)49(82-53(91)40(21-14-24-71-61(66)67)76-47(86)30-73-46(85)29-74-52(90)42(78-51(89)39(63)32-98)26-36-16-9-7-10-17-36)58(96)80-44(28-48(87)88)56(94)77-41(22-15-25-72-62(68)69)54(92)83-50(35(4)6-2)59(97)81-45(33-99)57(95)79-43(27-37-18-11-8-12-19-37)55(93)75-38(31-84)20-13-23-70-60(64)65/h7-12,16-19,31,34-35,38-45,49-50,98-99H,5-6,13-15,20-30,32-33,63H2,1-4H3,(H,73,85)(H,74,90)(H,75,93)(H,76,86)(H,77,94)(H,78,89)(H,79,95)(H,80,96)(H,81,97)(H,82,91)(H,83,92)(H,87,88)(H4,64,65,70)(H4,66,67,71)(H4,68,69,72)/t34-,35-,38-,39-,40-,41-,42-,43-,44-,45-,49-,50-/m0/s1. The Morgan fingerprint density at radius 1 is 0.455 bits per heavy atom. The zero-order valence-corrected chi connectivity index (χ0v) is 57.8. The van der Waals surface area contributed by atoms with Crippen LogP contribution in [0.25, 0.3) is 0 Å². The van der Waals surface area contributed by atoms with Gasteiger partial charge in [0, 0.05) is 44.0 Å². The second-order valence-corrected chi connectivity index (χ2v) is 23.9. The van der Waals surface area contributed by atoms with Crippen LogP contribution in [0.5, 0.6) is 0 Å². The molecule has 37 heteroatoms. The van der Waals surface area contributed by atoms with Gasteiger partial charge in [-0.3, -0.25) is 72.5 Å². The summed E-state index contributed by atoms with van der Waals surface area (Å²) in [4.78, 5) is 188. The number of rotatable bonds is 47. The lowest BCUT2D eigenvalue weighted by Crippen LogP contribution is -2.62. The summed E-state index contributed by atoms with van der Waals surface area (Å²) in [6.07, 6.45) is 0.146. The van der Waals surface area contributed by atoms with Crippen molar-refractivity contribution in [2.75, 3.05) is 44.2 Å². The molecule has 0 aliphatic rings. The first-order valence-electron chi connectivity index (χ1n) is 32.1. The van der Waals surface area contributed by atoms with Crippen molar-refractivity contribution in [1.82, 2.24) is 58.5 Å². The minimum atomic E-state index is -1.93. The summed E-state index contributed by atoms with van der Waals surface area (Å²) < 4.78 is 0. The van der Waals surface area contributed by atoms with Gasteiger partial charge < -0.3 is 109 Å². The number of carbonyl (C=O) groups is 13. The number of nitrogens with one attached hydrogen (secondary N) is 11. The highest BCUT2D eigenvalue weighted by atomic mass is 32.1. The van der Waals surface area contributed by atoms with Gasteiger partial charge in [-0.05, 0) is 61.5 Å². The number of benzene rings is 2. The number of guanidine groups is 3. The highest BCUT2D eigenvalue weighted by Gasteiger charge is 2.37. The number of carboxylic acid groups (broad SMARTS) is 1. The number of carboxylic acids is 1. The van der Waals surface area contributed by atoms with E-state index in [4.69, 9.17) is 40.1 Å². The van der Waals surface area contributed by atoms with Crippen LogP contribution in [0.2, 0.25) is 0 Å². The second-order valence-electron chi connectivity index (χ2n) is 23.2. The van der Waals surface area contributed by atoms with E-state index in [0.717, 1.165) is 0 Å². The molecule has 26 N–H and O–H groups in total. The molecule has 99 heavy (non-hydrogen) atoms. The number of aliphatic imine (C=N–C) groups is 3. The molecule has 0 bridgehead atoms. The van der Waals surface area contributed by atoms with Crippen molar-refractivity contribution >= 4 is 120 Å². The molecule has 0 heterocycles. The largest absolute Gasteiger partial charge is 0.481 e.